The maximum atomic E-state index is 2.46. The quantitative estimate of drug-likeness (QED) is 0.629. The number of halogens is 2. The summed E-state index contributed by atoms with van der Waals surface area (Å²) in [5.74, 6) is 0. The average Bonchev–Trinajstić information content (AvgIpc) is 3.17. The van der Waals surface area contributed by atoms with Crippen molar-refractivity contribution >= 4 is 5.57 Å². The van der Waals surface area contributed by atoms with Crippen molar-refractivity contribution in [2.45, 2.75) is 36.2 Å². The van der Waals surface area contributed by atoms with Crippen LogP contribution in [0.25, 0.3) is 16.7 Å². The zero-order valence-electron chi connectivity index (χ0n) is 14.4. The summed E-state index contributed by atoms with van der Waals surface area (Å²) in [5, 5.41) is 0. The van der Waals surface area contributed by atoms with Gasteiger partial charge in [0.2, 0.25) is 0 Å². The van der Waals surface area contributed by atoms with E-state index in [1.807, 2.05) is 0 Å². The van der Waals surface area contributed by atoms with Crippen LogP contribution < -0.4 is 24.8 Å². The third kappa shape index (κ3) is 3.75. The first kappa shape index (κ1) is 20.7. The molecule has 0 nitrogen and oxygen atoms in total. The number of fused-ring (bicyclic) bond motifs is 3. The van der Waals surface area contributed by atoms with Crippen molar-refractivity contribution in [1.82, 2.24) is 0 Å². The van der Waals surface area contributed by atoms with Crippen molar-refractivity contribution in [3.63, 3.8) is 0 Å². The molecule has 0 amide bonds. The second kappa shape index (κ2) is 8.85. The van der Waals surface area contributed by atoms with E-state index in [2.05, 4.69) is 61.5 Å². The molecule has 0 aliphatic heterocycles. The minimum Gasteiger partial charge on any atom is -1.00 e. The molecule has 0 bridgehead atoms. The Labute approximate surface area is 178 Å². The molecule has 127 valence electrons. The molecule has 3 heteroatoms. The van der Waals surface area contributed by atoms with Crippen LogP contribution in [0, 0.1) is 0 Å². The zero-order valence-corrected chi connectivity index (χ0v) is 18.3. The molecular formula is C22H21Cl2Zr. The summed E-state index contributed by atoms with van der Waals surface area (Å²) in [6, 6.07) is 15.8. The summed E-state index contributed by atoms with van der Waals surface area (Å²) in [7, 11) is 0. The molecule has 0 fully saturated rings. The molecule has 4 rings (SSSR count). The van der Waals surface area contributed by atoms with Crippen LogP contribution in [0.5, 0.6) is 0 Å². The first-order valence-electron chi connectivity index (χ1n) is 8.63. The van der Waals surface area contributed by atoms with Crippen LogP contribution in [-0.2, 0) is 24.7 Å². The summed E-state index contributed by atoms with van der Waals surface area (Å²) >= 11 is 1.59. The van der Waals surface area contributed by atoms with Crippen LogP contribution in [0.15, 0.2) is 60.2 Å². The molecule has 25 heavy (non-hydrogen) atoms. The van der Waals surface area contributed by atoms with Gasteiger partial charge in [0.1, 0.15) is 0 Å². The Balaban J connectivity index is 0.00000113. The molecule has 2 aliphatic rings. The first-order chi connectivity index (χ1) is 11.3. The number of allylic oxidation sites excluding steroid dienone is 4. The molecule has 0 radical (unpaired) electrons. The van der Waals surface area contributed by atoms with Crippen molar-refractivity contribution in [1.29, 1.82) is 0 Å². The fourth-order valence-corrected chi connectivity index (χ4v) is 5.25. The van der Waals surface area contributed by atoms with E-state index < -0.39 is 0 Å². The Bertz CT molecular complexity index is 821. The predicted octanol–water partition coefficient (Wildman–Crippen LogP) is 0.215. The summed E-state index contributed by atoms with van der Waals surface area (Å²) < 4.78 is 0.588. The van der Waals surface area contributed by atoms with E-state index in [4.69, 9.17) is 0 Å². The van der Waals surface area contributed by atoms with Gasteiger partial charge < -0.3 is 24.8 Å². The fraction of sp³-hybridized carbons (Fsp3) is 0.273. The third-order valence-corrected chi connectivity index (χ3v) is 6.54. The van der Waals surface area contributed by atoms with Gasteiger partial charge in [0.05, 0.1) is 0 Å². The average molecular weight is 448 g/mol. The van der Waals surface area contributed by atoms with Crippen molar-refractivity contribution < 1.29 is 49.5 Å². The zero-order chi connectivity index (χ0) is 15.8. The van der Waals surface area contributed by atoms with Crippen molar-refractivity contribution in [3.8, 4) is 11.1 Å². The van der Waals surface area contributed by atoms with Gasteiger partial charge in [-0.3, -0.25) is 0 Å². The predicted molar refractivity (Wildman–Crippen MR) is 93.9 cm³/mol. The van der Waals surface area contributed by atoms with Gasteiger partial charge in [0.25, 0.3) is 0 Å². The van der Waals surface area contributed by atoms with Gasteiger partial charge in [-0.25, -0.2) is 0 Å². The number of rotatable bonds is 4. The van der Waals surface area contributed by atoms with Gasteiger partial charge in [0.15, 0.2) is 0 Å². The van der Waals surface area contributed by atoms with E-state index in [9.17, 15) is 0 Å². The van der Waals surface area contributed by atoms with Gasteiger partial charge in [-0.1, -0.05) is 0 Å². The molecule has 1 unspecified atom stereocenters. The number of hydrogen-bond acceptors (Lipinski definition) is 0. The monoisotopic (exact) mass is 445 g/mol. The Morgan fingerprint density at radius 1 is 0.960 bits per heavy atom. The smallest absolute Gasteiger partial charge is 1.00 e. The molecule has 0 spiro atoms. The van der Waals surface area contributed by atoms with Gasteiger partial charge in [-0.05, 0) is 0 Å². The second-order valence-corrected chi connectivity index (χ2v) is 7.96. The standard InChI is InChI=1S/C22H21.2ClH.Zr/c1-2-3-7-16-12-13-18(14-16)20-10-6-11-21-19-9-5-4-8-17(19)15-22(20)21;;;/h4-6,8-12,14-15H,2-3,7,13H2,1H3;2*1H;/q;;;+2/p-2. The van der Waals surface area contributed by atoms with Crippen LogP contribution in [0.2, 0.25) is 0 Å². The second-order valence-electron chi connectivity index (χ2n) is 6.54. The van der Waals surface area contributed by atoms with E-state index in [0.29, 0.717) is 3.63 Å². The first-order valence-corrected chi connectivity index (χ1v) is 10.0. The summed E-state index contributed by atoms with van der Waals surface area (Å²) in [6.07, 6.45) is 9.80. The summed E-state index contributed by atoms with van der Waals surface area (Å²) in [4.78, 5) is 0. The molecule has 2 aliphatic carbocycles. The topological polar surface area (TPSA) is 0 Å². The normalized spacial score (nSPS) is 17.0. The number of benzene rings is 2. The van der Waals surface area contributed by atoms with E-state index >= 15 is 0 Å². The molecule has 2 aromatic carbocycles. The van der Waals surface area contributed by atoms with Crippen LogP contribution in [0.4, 0.5) is 0 Å². The van der Waals surface area contributed by atoms with Gasteiger partial charge in [0, 0.05) is 0 Å². The fourth-order valence-electron chi connectivity index (χ4n) is 3.87. The molecule has 0 aromatic heterocycles. The Morgan fingerprint density at radius 3 is 2.48 bits per heavy atom. The van der Waals surface area contributed by atoms with Crippen molar-refractivity contribution in [3.05, 3.63) is 76.9 Å². The molecule has 2 aromatic rings. The van der Waals surface area contributed by atoms with E-state index in [-0.39, 0.29) is 24.8 Å². The van der Waals surface area contributed by atoms with Gasteiger partial charge in [-0.15, -0.1) is 0 Å². The van der Waals surface area contributed by atoms with Crippen LogP contribution in [-0.4, -0.2) is 0 Å². The Morgan fingerprint density at radius 2 is 1.68 bits per heavy atom. The van der Waals surface area contributed by atoms with Gasteiger partial charge in [-0.2, -0.15) is 0 Å². The van der Waals surface area contributed by atoms with Crippen molar-refractivity contribution in [2.24, 2.45) is 0 Å². The molecule has 0 N–H and O–H groups in total. The van der Waals surface area contributed by atoms with Gasteiger partial charge >= 0.3 is 155 Å². The molecule has 0 saturated heterocycles. The molecular weight excluding hydrogens is 426 g/mol. The third-order valence-electron chi connectivity index (χ3n) is 5.07. The molecule has 1 atom stereocenters. The van der Waals surface area contributed by atoms with E-state index in [1.165, 1.54) is 52.7 Å². The van der Waals surface area contributed by atoms with E-state index in [0.717, 1.165) is 6.42 Å². The van der Waals surface area contributed by atoms with Crippen LogP contribution in [0.3, 0.4) is 0 Å². The maximum Gasteiger partial charge on any atom is -1.00 e. The van der Waals surface area contributed by atoms with Crippen LogP contribution >= 0.6 is 0 Å². The Hall–Kier alpha value is -0.617. The van der Waals surface area contributed by atoms with Crippen molar-refractivity contribution in [2.75, 3.05) is 0 Å². The minimum atomic E-state index is 0. The largest absolute Gasteiger partial charge is 1.00 e. The summed E-state index contributed by atoms with van der Waals surface area (Å²) in [5.41, 5.74) is 10.5. The molecule has 0 saturated carbocycles. The molecule has 0 heterocycles. The Kier molecular flexibility index (Phi) is 7.33. The number of hydrogen-bond donors (Lipinski definition) is 0. The summed E-state index contributed by atoms with van der Waals surface area (Å²) in [6.45, 7) is 2.27. The SMILES string of the molecule is CCCCC1=CCC(c2cccc3c2[CH]([Zr+2])c2ccccc2-3)=C1.[Cl-].[Cl-]. The number of unbranched alkanes of at least 4 members (excludes halogenated alkanes) is 1. The minimum absolute atomic E-state index is 0. The van der Waals surface area contributed by atoms with E-state index in [1.54, 1.807) is 30.3 Å². The van der Waals surface area contributed by atoms with Crippen LogP contribution in [0.1, 0.15) is 52.9 Å². The maximum absolute atomic E-state index is 2.46.